The van der Waals surface area contributed by atoms with E-state index < -0.39 is 0 Å². The van der Waals surface area contributed by atoms with Gasteiger partial charge in [-0.2, -0.15) is 5.10 Å². The maximum absolute atomic E-state index is 8.61. The number of nitrogens with zero attached hydrogens (tertiary/aromatic N) is 4. The molecule has 0 saturated carbocycles. The summed E-state index contributed by atoms with van der Waals surface area (Å²) >= 11 is 0. The molecule has 6 nitrogen and oxygen atoms in total. The van der Waals surface area contributed by atoms with Crippen molar-refractivity contribution in [1.29, 1.82) is 0 Å². The lowest BCUT2D eigenvalue weighted by atomic mass is 10.3. The van der Waals surface area contributed by atoms with Gasteiger partial charge in [0.2, 0.25) is 0 Å². The smallest absolute Gasteiger partial charge is 0.188 e. The van der Waals surface area contributed by atoms with Crippen LogP contribution in [-0.2, 0) is 6.42 Å². The normalized spacial score (nSPS) is 12.2. The number of hydrogen-bond donors (Lipinski definition) is 2. The molecule has 0 bridgehead atoms. The van der Waals surface area contributed by atoms with Gasteiger partial charge < -0.3 is 10.9 Å². The second-order valence-corrected chi connectivity index (χ2v) is 3.05. The Hall–Kier alpha value is -2.11. The molecule has 0 saturated heterocycles. The Bertz CT molecular complexity index is 516. The minimum atomic E-state index is 0.0214. The van der Waals surface area contributed by atoms with Crippen LogP contribution in [0, 0.1) is 0 Å². The lowest BCUT2D eigenvalue weighted by Gasteiger charge is -2.00. The van der Waals surface area contributed by atoms with Gasteiger partial charge in [0.15, 0.2) is 17.3 Å². The van der Waals surface area contributed by atoms with Crippen molar-refractivity contribution in [2.24, 2.45) is 10.9 Å². The van der Waals surface area contributed by atoms with Crippen molar-refractivity contribution in [3.05, 3.63) is 29.7 Å². The summed E-state index contributed by atoms with van der Waals surface area (Å²) in [5.41, 5.74) is 6.74. The molecule has 0 atom stereocenters. The minimum Gasteiger partial charge on any atom is -0.409 e. The van der Waals surface area contributed by atoms with E-state index in [2.05, 4.69) is 15.2 Å². The van der Waals surface area contributed by atoms with E-state index >= 15 is 0 Å². The van der Waals surface area contributed by atoms with Crippen molar-refractivity contribution in [3.8, 4) is 0 Å². The molecule has 2 heterocycles. The van der Waals surface area contributed by atoms with Gasteiger partial charge in [-0.15, -0.1) is 0 Å². The van der Waals surface area contributed by atoms with Gasteiger partial charge in [-0.1, -0.05) is 18.1 Å². The van der Waals surface area contributed by atoms with Crippen LogP contribution in [0.4, 0.5) is 0 Å². The Morgan fingerprint density at radius 1 is 1.60 bits per heavy atom. The molecule has 2 aromatic rings. The van der Waals surface area contributed by atoms with Gasteiger partial charge in [0, 0.05) is 6.42 Å². The average molecular weight is 205 g/mol. The molecular weight excluding hydrogens is 194 g/mol. The van der Waals surface area contributed by atoms with Crippen LogP contribution in [-0.4, -0.2) is 25.6 Å². The maximum Gasteiger partial charge on any atom is 0.188 e. The van der Waals surface area contributed by atoms with E-state index in [-0.39, 0.29) is 5.84 Å². The van der Waals surface area contributed by atoms with Gasteiger partial charge in [-0.3, -0.25) is 0 Å². The monoisotopic (exact) mass is 205 g/mol. The molecule has 2 aromatic heterocycles. The zero-order valence-electron chi connectivity index (χ0n) is 8.25. The predicted molar refractivity (Wildman–Crippen MR) is 54.9 cm³/mol. The number of hydrogen-bond acceptors (Lipinski definition) is 4. The number of pyridine rings is 1. The zero-order valence-corrected chi connectivity index (χ0v) is 8.25. The lowest BCUT2D eigenvalue weighted by molar-refractivity contribution is 0.318. The highest BCUT2D eigenvalue weighted by molar-refractivity contribution is 5.95. The third kappa shape index (κ3) is 1.50. The van der Waals surface area contributed by atoms with E-state index in [1.54, 1.807) is 16.6 Å². The van der Waals surface area contributed by atoms with E-state index in [0.29, 0.717) is 11.3 Å². The van der Waals surface area contributed by atoms with Crippen LogP contribution in [0.15, 0.2) is 23.4 Å². The van der Waals surface area contributed by atoms with Gasteiger partial charge in [-0.25, -0.2) is 9.50 Å². The predicted octanol–water partition coefficient (Wildman–Crippen LogP) is 0.386. The largest absolute Gasteiger partial charge is 0.409 e. The summed E-state index contributed by atoms with van der Waals surface area (Å²) in [6.07, 6.45) is 0.747. The average Bonchev–Trinajstić information content (AvgIpc) is 2.70. The van der Waals surface area contributed by atoms with Gasteiger partial charge >= 0.3 is 0 Å². The Kier molecular flexibility index (Phi) is 2.24. The summed E-state index contributed by atoms with van der Waals surface area (Å²) in [6.45, 7) is 1.97. The number of aryl methyl sites for hydroxylation is 1. The molecule has 0 spiro atoms. The molecule has 0 fully saturated rings. The van der Waals surface area contributed by atoms with E-state index in [0.717, 1.165) is 12.2 Å². The quantitative estimate of drug-likeness (QED) is 0.321. The van der Waals surface area contributed by atoms with Crippen molar-refractivity contribution >= 4 is 11.5 Å². The third-order valence-electron chi connectivity index (χ3n) is 2.09. The molecule has 0 radical (unpaired) electrons. The third-order valence-corrected chi connectivity index (χ3v) is 2.09. The SMILES string of the molecule is CCc1nc2cccc(/C(N)=N\O)n2n1. The van der Waals surface area contributed by atoms with E-state index in [9.17, 15) is 0 Å². The molecule has 6 heteroatoms. The van der Waals surface area contributed by atoms with E-state index in [4.69, 9.17) is 10.9 Å². The first-order valence-corrected chi connectivity index (χ1v) is 4.58. The highest BCUT2D eigenvalue weighted by Gasteiger charge is 2.08. The fourth-order valence-corrected chi connectivity index (χ4v) is 1.34. The number of amidine groups is 1. The molecule has 0 aliphatic carbocycles. The number of rotatable bonds is 2. The summed E-state index contributed by atoms with van der Waals surface area (Å²) < 4.78 is 1.56. The number of nitrogens with two attached hydrogens (primary N) is 1. The summed E-state index contributed by atoms with van der Waals surface area (Å²) in [4.78, 5) is 4.27. The van der Waals surface area contributed by atoms with Crippen LogP contribution in [0.3, 0.4) is 0 Å². The van der Waals surface area contributed by atoms with Crippen molar-refractivity contribution in [3.63, 3.8) is 0 Å². The Morgan fingerprint density at radius 3 is 3.07 bits per heavy atom. The summed E-state index contributed by atoms with van der Waals surface area (Å²) in [7, 11) is 0. The van der Waals surface area contributed by atoms with Crippen LogP contribution >= 0.6 is 0 Å². The molecule has 0 aliphatic heterocycles. The second-order valence-electron chi connectivity index (χ2n) is 3.05. The van der Waals surface area contributed by atoms with Gasteiger partial charge in [0.1, 0.15) is 5.69 Å². The fourth-order valence-electron chi connectivity index (χ4n) is 1.34. The molecule has 15 heavy (non-hydrogen) atoms. The van der Waals surface area contributed by atoms with Crippen LogP contribution in [0.1, 0.15) is 18.4 Å². The van der Waals surface area contributed by atoms with Crippen LogP contribution in [0.25, 0.3) is 5.65 Å². The summed E-state index contributed by atoms with van der Waals surface area (Å²) in [5, 5.41) is 15.8. The fraction of sp³-hybridized carbons (Fsp3) is 0.222. The van der Waals surface area contributed by atoms with Crippen molar-refractivity contribution < 1.29 is 5.21 Å². The van der Waals surface area contributed by atoms with Crippen molar-refractivity contribution in [2.75, 3.05) is 0 Å². The van der Waals surface area contributed by atoms with Crippen LogP contribution in [0.5, 0.6) is 0 Å². The highest BCUT2D eigenvalue weighted by atomic mass is 16.4. The second kappa shape index (κ2) is 3.56. The maximum atomic E-state index is 8.61. The first-order chi connectivity index (χ1) is 7.26. The molecule has 0 amide bonds. The Balaban J connectivity index is 2.69. The molecule has 78 valence electrons. The summed E-state index contributed by atoms with van der Waals surface area (Å²) in [6, 6.07) is 5.33. The Morgan fingerprint density at radius 2 is 2.40 bits per heavy atom. The number of aromatic nitrogens is 3. The number of fused-ring (bicyclic) bond motifs is 1. The first-order valence-electron chi connectivity index (χ1n) is 4.58. The molecule has 0 unspecified atom stereocenters. The van der Waals surface area contributed by atoms with Crippen LogP contribution in [0.2, 0.25) is 0 Å². The van der Waals surface area contributed by atoms with Gasteiger partial charge in [0.05, 0.1) is 0 Å². The number of oxime groups is 1. The molecule has 2 rings (SSSR count). The van der Waals surface area contributed by atoms with Crippen molar-refractivity contribution in [1.82, 2.24) is 14.6 Å². The Labute approximate surface area is 86.0 Å². The van der Waals surface area contributed by atoms with Crippen molar-refractivity contribution in [2.45, 2.75) is 13.3 Å². The van der Waals surface area contributed by atoms with Gasteiger partial charge in [-0.05, 0) is 12.1 Å². The standard InChI is InChI=1S/C9H11N5O/c1-2-7-11-8-5-3-4-6(9(10)13-15)14(8)12-7/h3-5,15H,2H2,1H3,(H2,10,13). The highest BCUT2D eigenvalue weighted by Crippen LogP contribution is 2.06. The molecule has 0 aromatic carbocycles. The minimum absolute atomic E-state index is 0.0214. The lowest BCUT2D eigenvalue weighted by Crippen LogP contribution is -2.17. The first kappa shape index (κ1) is 9.45. The summed E-state index contributed by atoms with van der Waals surface area (Å²) in [5.74, 6) is 0.751. The molecule has 0 aliphatic rings. The van der Waals surface area contributed by atoms with E-state index in [1.165, 1.54) is 0 Å². The van der Waals surface area contributed by atoms with Gasteiger partial charge in [0.25, 0.3) is 0 Å². The molecular formula is C9H11N5O. The van der Waals surface area contributed by atoms with E-state index in [1.807, 2.05) is 13.0 Å². The zero-order chi connectivity index (χ0) is 10.8. The topological polar surface area (TPSA) is 88.8 Å². The van der Waals surface area contributed by atoms with Crippen LogP contribution < -0.4 is 5.73 Å². The molecule has 3 N–H and O–H groups in total.